The summed E-state index contributed by atoms with van der Waals surface area (Å²) in [5.74, 6) is -1.24. The summed E-state index contributed by atoms with van der Waals surface area (Å²) in [5, 5.41) is 11.5. The Morgan fingerprint density at radius 3 is 2.19 bits per heavy atom. The van der Waals surface area contributed by atoms with Crippen molar-refractivity contribution >= 4 is 17.6 Å². The molecule has 0 radical (unpaired) electrons. The standard InChI is InChI=1S/C20H14FNO4/c21-14-8-11-17(20(24)25)18(12-14)22-19(23)13-6-9-16(10-7-13)26-15-4-2-1-3-5-15/h1-12H,(H,22,23)(H,24,25). The first-order chi connectivity index (χ1) is 12.5. The van der Waals surface area contributed by atoms with Gasteiger partial charge in [0.25, 0.3) is 5.91 Å². The molecule has 0 aliphatic rings. The van der Waals surface area contributed by atoms with Crippen LogP contribution in [0.4, 0.5) is 10.1 Å². The largest absolute Gasteiger partial charge is 0.478 e. The number of ether oxygens (including phenoxy) is 1. The lowest BCUT2D eigenvalue weighted by molar-refractivity contribution is 0.0698. The summed E-state index contributed by atoms with van der Waals surface area (Å²) in [5.41, 5.74) is -0.0121. The van der Waals surface area contributed by atoms with Gasteiger partial charge < -0.3 is 15.2 Å². The van der Waals surface area contributed by atoms with E-state index in [4.69, 9.17) is 9.84 Å². The van der Waals surface area contributed by atoms with Crippen molar-refractivity contribution in [1.82, 2.24) is 0 Å². The summed E-state index contributed by atoms with van der Waals surface area (Å²) in [4.78, 5) is 23.5. The number of para-hydroxylation sites is 1. The van der Waals surface area contributed by atoms with E-state index in [0.29, 0.717) is 11.5 Å². The average Bonchev–Trinajstić information content (AvgIpc) is 2.63. The first-order valence-corrected chi connectivity index (χ1v) is 7.70. The molecule has 6 heteroatoms. The van der Waals surface area contributed by atoms with Crippen LogP contribution in [-0.2, 0) is 0 Å². The highest BCUT2D eigenvalue weighted by atomic mass is 19.1. The Kier molecular flexibility index (Phi) is 4.94. The van der Waals surface area contributed by atoms with Gasteiger partial charge >= 0.3 is 5.97 Å². The minimum Gasteiger partial charge on any atom is -0.478 e. The van der Waals surface area contributed by atoms with Gasteiger partial charge in [-0.05, 0) is 54.6 Å². The second-order valence-corrected chi connectivity index (χ2v) is 5.39. The fraction of sp³-hybridized carbons (Fsp3) is 0. The predicted octanol–water partition coefficient (Wildman–Crippen LogP) is 4.57. The fourth-order valence-electron chi connectivity index (χ4n) is 2.30. The minimum absolute atomic E-state index is 0.105. The number of amides is 1. The molecule has 5 nitrogen and oxygen atoms in total. The molecule has 0 fully saturated rings. The maximum absolute atomic E-state index is 13.4. The minimum atomic E-state index is -1.26. The van der Waals surface area contributed by atoms with Crippen molar-refractivity contribution in [3.8, 4) is 11.5 Å². The fourth-order valence-corrected chi connectivity index (χ4v) is 2.30. The highest BCUT2D eigenvalue weighted by Gasteiger charge is 2.14. The number of carboxylic acid groups (broad SMARTS) is 1. The van der Waals surface area contributed by atoms with Gasteiger partial charge in [-0.25, -0.2) is 9.18 Å². The molecule has 3 aromatic carbocycles. The third-order valence-electron chi connectivity index (χ3n) is 3.56. The van der Waals surface area contributed by atoms with Crippen LogP contribution in [0, 0.1) is 5.82 Å². The zero-order valence-corrected chi connectivity index (χ0v) is 13.5. The van der Waals surface area contributed by atoms with Crippen LogP contribution in [0.2, 0.25) is 0 Å². The molecule has 0 unspecified atom stereocenters. The molecule has 3 rings (SSSR count). The number of hydrogen-bond donors (Lipinski definition) is 2. The second-order valence-electron chi connectivity index (χ2n) is 5.39. The molecular weight excluding hydrogens is 337 g/mol. The van der Waals surface area contributed by atoms with Gasteiger partial charge in [-0.1, -0.05) is 18.2 Å². The highest BCUT2D eigenvalue weighted by molar-refractivity contribution is 6.07. The van der Waals surface area contributed by atoms with Gasteiger partial charge in [0.2, 0.25) is 0 Å². The van der Waals surface area contributed by atoms with Crippen molar-refractivity contribution in [1.29, 1.82) is 0 Å². The van der Waals surface area contributed by atoms with Gasteiger partial charge in [0.15, 0.2) is 0 Å². The molecule has 0 aliphatic heterocycles. The van der Waals surface area contributed by atoms with Crippen LogP contribution in [0.1, 0.15) is 20.7 Å². The molecule has 130 valence electrons. The number of benzene rings is 3. The van der Waals surface area contributed by atoms with Gasteiger partial charge in [0.05, 0.1) is 11.3 Å². The predicted molar refractivity (Wildman–Crippen MR) is 94.3 cm³/mol. The summed E-state index contributed by atoms with van der Waals surface area (Å²) in [6.45, 7) is 0. The van der Waals surface area contributed by atoms with Crippen molar-refractivity contribution in [2.75, 3.05) is 5.32 Å². The summed E-state index contributed by atoms with van der Waals surface area (Å²) in [6, 6.07) is 18.6. The smallest absolute Gasteiger partial charge is 0.337 e. The number of carbonyl (C=O) groups is 2. The molecule has 1 amide bonds. The Bertz CT molecular complexity index is 940. The number of carbonyl (C=O) groups excluding carboxylic acids is 1. The number of anilines is 1. The number of halogens is 1. The molecule has 0 atom stereocenters. The van der Waals surface area contributed by atoms with Crippen molar-refractivity contribution in [2.24, 2.45) is 0 Å². The van der Waals surface area contributed by atoms with Gasteiger partial charge in [-0.2, -0.15) is 0 Å². The molecule has 0 saturated carbocycles. The summed E-state index contributed by atoms with van der Waals surface area (Å²) >= 11 is 0. The topological polar surface area (TPSA) is 75.6 Å². The lowest BCUT2D eigenvalue weighted by Gasteiger charge is -2.10. The van der Waals surface area contributed by atoms with E-state index in [1.165, 1.54) is 12.1 Å². The first-order valence-electron chi connectivity index (χ1n) is 7.70. The number of carboxylic acids is 1. The van der Waals surface area contributed by atoms with Crippen molar-refractivity contribution in [2.45, 2.75) is 0 Å². The van der Waals surface area contributed by atoms with Gasteiger partial charge in [-0.15, -0.1) is 0 Å². The molecule has 26 heavy (non-hydrogen) atoms. The summed E-state index contributed by atoms with van der Waals surface area (Å²) < 4.78 is 19.0. The molecule has 0 aromatic heterocycles. The summed E-state index contributed by atoms with van der Waals surface area (Å²) in [7, 11) is 0. The Morgan fingerprint density at radius 1 is 0.885 bits per heavy atom. The first kappa shape index (κ1) is 17.2. The van der Waals surface area contributed by atoms with E-state index in [2.05, 4.69) is 5.32 Å². The monoisotopic (exact) mass is 351 g/mol. The van der Waals surface area contributed by atoms with E-state index >= 15 is 0 Å². The van der Waals surface area contributed by atoms with Gasteiger partial charge in [0.1, 0.15) is 17.3 Å². The van der Waals surface area contributed by atoms with Crippen molar-refractivity contribution in [3.63, 3.8) is 0 Å². The number of hydrogen-bond acceptors (Lipinski definition) is 3. The van der Waals surface area contributed by atoms with Crippen LogP contribution >= 0.6 is 0 Å². The molecule has 0 spiro atoms. The van der Waals surface area contributed by atoms with Crippen LogP contribution in [0.3, 0.4) is 0 Å². The number of aromatic carboxylic acids is 1. The third kappa shape index (κ3) is 4.05. The molecule has 0 saturated heterocycles. The molecule has 0 aliphatic carbocycles. The van der Waals surface area contributed by atoms with Crippen LogP contribution in [0.25, 0.3) is 0 Å². The van der Waals surface area contributed by atoms with Crippen LogP contribution < -0.4 is 10.1 Å². The maximum Gasteiger partial charge on any atom is 0.337 e. The second kappa shape index (κ2) is 7.48. The van der Waals surface area contributed by atoms with Crippen LogP contribution in [-0.4, -0.2) is 17.0 Å². The molecule has 0 heterocycles. The van der Waals surface area contributed by atoms with E-state index in [0.717, 1.165) is 18.2 Å². The lowest BCUT2D eigenvalue weighted by Crippen LogP contribution is -2.15. The van der Waals surface area contributed by atoms with E-state index in [-0.39, 0.29) is 16.8 Å². The Hall–Kier alpha value is -3.67. The highest BCUT2D eigenvalue weighted by Crippen LogP contribution is 2.22. The zero-order chi connectivity index (χ0) is 18.5. The Morgan fingerprint density at radius 2 is 1.54 bits per heavy atom. The van der Waals surface area contributed by atoms with E-state index < -0.39 is 17.7 Å². The summed E-state index contributed by atoms with van der Waals surface area (Å²) in [6.07, 6.45) is 0. The number of rotatable bonds is 5. The van der Waals surface area contributed by atoms with Crippen molar-refractivity contribution in [3.05, 3.63) is 89.7 Å². The van der Waals surface area contributed by atoms with Crippen molar-refractivity contribution < 1.29 is 23.8 Å². The Labute approximate surface area is 148 Å². The molecule has 2 N–H and O–H groups in total. The Balaban J connectivity index is 1.75. The van der Waals surface area contributed by atoms with Gasteiger partial charge in [-0.3, -0.25) is 4.79 Å². The molecule has 3 aromatic rings. The number of nitrogens with one attached hydrogen (secondary N) is 1. The maximum atomic E-state index is 13.4. The quantitative estimate of drug-likeness (QED) is 0.706. The van der Waals surface area contributed by atoms with E-state index in [1.54, 1.807) is 24.3 Å². The molecular formula is C20H14FNO4. The van der Waals surface area contributed by atoms with E-state index in [1.807, 2.05) is 18.2 Å². The zero-order valence-electron chi connectivity index (χ0n) is 13.5. The lowest BCUT2D eigenvalue weighted by atomic mass is 10.1. The van der Waals surface area contributed by atoms with Gasteiger partial charge in [0, 0.05) is 5.56 Å². The average molecular weight is 351 g/mol. The van der Waals surface area contributed by atoms with Crippen LogP contribution in [0.5, 0.6) is 11.5 Å². The van der Waals surface area contributed by atoms with E-state index in [9.17, 15) is 14.0 Å². The normalized spacial score (nSPS) is 10.2. The van der Waals surface area contributed by atoms with Crippen LogP contribution in [0.15, 0.2) is 72.8 Å². The third-order valence-corrected chi connectivity index (χ3v) is 3.56. The SMILES string of the molecule is O=C(Nc1cc(F)ccc1C(=O)O)c1ccc(Oc2ccccc2)cc1. The molecule has 0 bridgehead atoms.